The molecular formula is C11H15NO3. The highest BCUT2D eigenvalue weighted by molar-refractivity contribution is 5.76. The molecule has 0 aliphatic heterocycles. The van der Waals surface area contributed by atoms with E-state index in [2.05, 4.69) is 0 Å². The zero-order chi connectivity index (χ0) is 11.6. The normalized spacial score (nSPS) is 12.3. The lowest BCUT2D eigenvalue weighted by Crippen LogP contribution is -2.21. The first kappa shape index (κ1) is 11.5. The van der Waals surface area contributed by atoms with Gasteiger partial charge in [0, 0.05) is 0 Å². The highest BCUT2D eigenvalue weighted by Gasteiger charge is 2.18. The summed E-state index contributed by atoms with van der Waals surface area (Å²) in [5.41, 5.74) is 7.97. The number of carbonyl (C=O) groups is 1. The van der Waals surface area contributed by atoms with Crippen LogP contribution in [0.4, 0.5) is 0 Å². The lowest BCUT2D eigenvalue weighted by molar-refractivity contribution is -0.138. The van der Waals surface area contributed by atoms with E-state index in [0.717, 1.165) is 16.9 Å². The van der Waals surface area contributed by atoms with Crippen LogP contribution in [0.25, 0.3) is 0 Å². The number of carboxylic acid groups (broad SMARTS) is 1. The summed E-state index contributed by atoms with van der Waals surface area (Å²) in [7, 11) is 1.58. The van der Waals surface area contributed by atoms with Crippen LogP contribution in [-0.2, 0) is 4.79 Å². The molecule has 0 aromatic heterocycles. The predicted octanol–water partition coefficient (Wildman–Crippen LogP) is 1.40. The summed E-state index contributed by atoms with van der Waals surface area (Å²) < 4.78 is 5.13. The number of nitrogens with two attached hydrogens (primary N) is 1. The lowest BCUT2D eigenvalue weighted by atomic mass is 9.97. The van der Waals surface area contributed by atoms with Crippen LogP contribution in [0.2, 0.25) is 0 Å². The molecule has 1 aromatic carbocycles. The molecule has 82 valence electrons. The van der Waals surface area contributed by atoms with Crippen molar-refractivity contribution in [1.29, 1.82) is 0 Å². The standard InChI is InChI=1S/C11H15NO3/c1-6-7(2)9(15-3)5-4-8(6)10(12)11(13)14/h4-5,10H,12H2,1-3H3,(H,13,14). The Morgan fingerprint density at radius 3 is 2.47 bits per heavy atom. The third-order valence-electron chi connectivity index (χ3n) is 2.60. The summed E-state index contributed by atoms with van der Waals surface area (Å²) >= 11 is 0. The molecule has 4 nitrogen and oxygen atoms in total. The van der Waals surface area contributed by atoms with Crippen LogP contribution in [0.15, 0.2) is 12.1 Å². The van der Waals surface area contributed by atoms with Crippen LogP contribution in [0.1, 0.15) is 22.7 Å². The van der Waals surface area contributed by atoms with Crippen LogP contribution in [0.5, 0.6) is 5.75 Å². The Kier molecular flexibility index (Phi) is 3.31. The van der Waals surface area contributed by atoms with E-state index in [9.17, 15) is 4.79 Å². The van der Waals surface area contributed by atoms with E-state index < -0.39 is 12.0 Å². The van der Waals surface area contributed by atoms with Crippen molar-refractivity contribution in [2.24, 2.45) is 5.73 Å². The van der Waals surface area contributed by atoms with Gasteiger partial charge in [-0.15, -0.1) is 0 Å². The summed E-state index contributed by atoms with van der Waals surface area (Å²) in [6.07, 6.45) is 0. The monoisotopic (exact) mass is 209 g/mol. The number of benzene rings is 1. The van der Waals surface area contributed by atoms with Gasteiger partial charge < -0.3 is 15.6 Å². The molecule has 0 bridgehead atoms. The third kappa shape index (κ3) is 2.10. The quantitative estimate of drug-likeness (QED) is 0.789. The minimum atomic E-state index is -1.03. The second-order valence-corrected chi connectivity index (χ2v) is 3.42. The largest absolute Gasteiger partial charge is 0.496 e. The first-order chi connectivity index (χ1) is 6.99. The molecule has 3 N–H and O–H groups in total. The number of methoxy groups -OCH3 is 1. The topological polar surface area (TPSA) is 72.5 Å². The summed E-state index contributed by atoms with van der Waals surface area (Å²) in [5, 5.41) is 8.82. The molecular weight excluding hydrogens is 194 g/mol. The summed E-state index contributed by atoms with van der Waals surface area (Å²) in [6.45, 7) is 3.72. The van der Waals surface area contributed by atoms with Crippen LogP contribution >= 0.6 is 0 Å². The first-order valence-electron chi connectivity index (χ1n) is 4.61. The molecule has 4 heteroatoms. The Morgan fingerprint density at radius 1 is 1.40 bits per heavy atom. The second-order valence-electron chi connectivity index (χ2n) is 3.42. The zero-order valence-electron chi connectivity index (χ0n) is 9.07. The van der Waals surface area contributed by atoms with Crippen LogP contribution in [0, 0.1) is 13.8 Å². The van der Waals surface area contributed by atoms with Gasteiger partial charge in [0.05, 0.1) is 7.11 Å². The lowest BCUT2D eigenvalue weighted by Gasteiger charge is -2.15. The fraction of sp³-hybridized carbons (Fsp3) is 0.364. The molecule has 0 saturated heterocycles. The van der Waals surface area contributed by atoms with E-state index in [1.54, 1.807) is 19.2 Å². The number of ether oxygens (including phenoxy) is 1. The second kappa shape index (κ2) is 4.31. The van der Waals surface area contributed by atoms with Gasteiger partial charge in [-0.1, -0.05) is 6.07 Å². The molecule has 0 amide bonds. The summed E-state index contributed by atoms with van der Waals surface area (Å²) in [5.74, 6) is -0.281. The van der Waals surface area contributed by atoms with Gasteiger partial charge in [0.15, 0.2) is 0 Å². The van der Waals surface area contributed by atoms with Crippen molar-refractivity contribution in [3.05, 3.63) is 28.8 Å². The Bertz CT molecular complexity index is 388. The molecule has 1 rings (SSSR count). The fourth-order valence-electron chi connectivity index (χ4n) is 1.51. The van der Waals surface area contributed by atoms with Crippen molar-refractivity contribution < 1.29 is 14.6 Å². The van der Waals surface area contributed by atoms with Gasteiger partial charge in [-0.25, -0.2) is 0 Å². The minimum absolute atomic E-state index is 0.626. The summed E-state index contributed by atoms with van der Waals surface area (Å²) in [4.78, 5) is 10.8. The Labute approximate surface area is 88.7 Å². The van der Waals surface area contributed by atoms with E-state index in [-0.39, 0.29) is 0 Å². The van der Waals surface area contributed by atoms with Crippen molar-refractivity contribution in [1.82, 2.24) is 0 Å². The van der Waals surface area contributed by atoms with Gasteiger partial charge in [0.2, 0.25) is 0 Å². The van der Waals surface area contributed by atoms with Gasteiger partial charge in [-0.05, 0) is 36.6 Å². The maximum absolute atomic E-state index is 10.8. The van der Waals surface area contributed by atoms with Crippen molar-refractivity contribution >= 4 is 5.97 Å². The molecule has 1 aromatic rings. The van der Waals surface area contributed by atoms with Crippen LogP contribution in [-0.4, -0.2) is 18.2 Å². The molecule has 15 heavy (non-hydrogen) atoms. The maximum Gasteiger partial charge on any atom is 0.325 e. The zero-order valence-corrected chi connectivity index (χ0v) is 9.07. The van der Waals surface area contributed by atoms with Crippen molar-refractivity contribution in [2.45, 2.75) is 19.9 Å². The molecule has 0 aliphatic rings. The Balaban J connectivity index is 3.23. The highest BCUT2D eigenvalue weighted by Crippen LogP contribution is 2.26. The van der Waals surface area contributed by atoms with E-state index in [1.807, 2.05) is 13.8 Å². The Hall–Kier alpha value is -1.55. The molecule has 0 spiro atoms. The van der Waals surface area contributed by atoms with E-state index >= 15 is 0 Å². The molecule has 0 radical (unpaired) electrons. The summed E-state index contributed by atoms with van der Waals surface area (Å²) in [6, 6.07) is 2.45. The van der Waals surface area contributed by atoms with Gasteiger partial charge in [0.25, 0.3) is 0 Å². The van der Waals surface area contributed by atoms with Crippen molar-refractivity contribution in [2.75, 3.05) is 7.11 Å². The number of hydrogen-bond donors (Lipinski definition) is 2. The van der Waals surface area contributed by atoms with Crippen molar-refractivity contribution in [3.8, 4) is 5.75 Å². The average Bonchev–Trinajstić information content (AvgIpc) is 2.21. The van der Waals surface area contributed by atoms with Crippen molar-refractivity contribution in [3.63, 3.8) is 0 Å². The molecule has 0 heterocycles. The predicted molar refractivity (Wildman–Crippen MR) is 57.0 cm³/mol. The molecule has 0 fully saturated rings. The highest BCUT2D eigenvalue weighted by atomic mass is 16.5. The molecule has 0 saturated carbocycles. The van der Waals surface area contributed by atoms with Crippen LogP contribution in [0.3, 0.4) is 0 Å². The van der Waals surface area contributed by atoms with Gasteiger partial charge in [-0.3, -0.25) is 4.79 Å². The van der Waals surface area contributed by atoms with E-state index in [4.69, 9.17) is 15.6 Å². The maximum atomic E-state index is 10.8. The fourth-order valence-corrected chi connectivity index (χ4v) is 1.51. The minimum Gasteiger partial charge on any atom is -0.496 e. The van der Waals surface area contributed by atoms with E-state index in [1.165, 1.54) is 0 Å². The number of aliphatic carboxylic acids is 1. The molecule has 0 aliphatic carbocycles. The smallest absolute Gasteiger partial charge is 0.325 e. The molecule has 1 atom stereocenters. The molecule has 1 unspecified atom stereocenters. The number of rotatable bonds is 3. The van der Waals surface area contributed by atoms with E-state index in [0.29, 0.717) is 5.56 Å². The number of hydrogen-bond acceptors (Lipinski definition) is 3. The number of carboxylic acids is 1. The van der Waals surface area contributed by atoms with Gasteiger partial charge >= 0.3 is 5.97 Å². The first-order valence-corrected chi connectivity index (χ1v) is 4.61. The SMILES string of the molecule is COc1ccc(C(N)C(=O)O)c(C)c1C. The van der Waals surface area contributed by atoms with Crippen LogP contribution < -0.4 is 10.5 Å². The third-order valence-corrected chi connectivity index (χ3v) is 2.60. The van der Waals surface area contributed by atoms with Gasteiger partial charge in [-0.2, -0.15) is 0 Å². The average molecular weight is 209 g/mol. The van der Waals surface area contributed by atoms with Gasteiger partial charge in [0.1, 0.15) is 11.8 Å². The Morgan fingerprint density at radius 2 is 2.00 bits per heavy atom.